The number of benzene rings is 2. The van der Waals surface area contributed by atoms with Crippen LogP contribution in [0, 0.1) is 0 Å². The Labute approximate surface area is 238 Å². The van der Waals surface area contributed by atoms with Gasteiger partial charge in [0.25, 0.3) is 0 Å². The second-order valence-electron chi connectivity index (χ2n) is 10.0. The molecule has 1 heterocycles. The van der Waals surface area contributed by atoms with E-state index >= 15 is 0 Å². The number of rotatable bonds is 11. The van der Waals surface area contributed by atoms with E-state index in [9.17, 15) is 18.0 Å². The molecule has 1 aliphatic carbocycles. The SMILES string of the molecule is C=CCN(C(=O)N[C@](Cc1ccccc1)(c1cccc(OC(F)(F)C(C)F)c1)c1ccc(Cl)cn1)C1CCCC1. The molecular weight excluding hydrogens is 539 g/mol. The summed E-state index contributed by atoms with van der Waals surface area (Å²) in [5.41, 5.74) is 0.424. The van der Waals surface area contributed by atoms with Gasteiger partial charge in [-0.2, -0.15) is 8.78 Å². The van der Waals surface area contributed by atoms with E-state index in [0.717, 1.165) is 38.2 Å². The van der Waals surface area contributed by atoms with Gasteiger partial charge in [0.05, 0.1) is 10.7 Å². The van der Waals surface area contributed by atoms with Crippen molar-refractivity contribution in [2.75, 3.05) is 6.54 Å². The van der Waals surface area contributed by atoms with E-state index in [1.54, 1.807) is 29.2 Å². The molecule has 5 nitrogen and oxygen atoms in total. The lowest BCUT2D eigenvalue weighted by molar-refractivity contribution is -0.215. The first kappa shape index (κ1) is 29.5. The van der Waals surface area contributed by atoms with Gasteiger partial charge in [-0.1, -0.05) is 73.0 Å². The van der Waals surface area contributed by atoms with Gasteiger partial charge in [0.2, 0.25) is 6.17 Å². The molecule has 2 amide bonds. The minimum absolute atomic E-state index is 0.0463. The molecule has 0 aliphatic heterocycles. The van der Waals surface area contributed by atoms with Crippen molar-refractivity contribution in [2.45, 2.75) is 62.9 Å². The first-order valence-corrected chi connectivity index (χ1v) is 13.7. The van der Waals surface area contributed by atoms with Gasteiger partial charge in [0, 0.05) is 25.2 Å². The average molecular weight is 572 g/mol. The number of nitrogens with one attached hydrogen (secondary N) is 1. The highest BCUT2D eigenvalue weighted by molar-refractivity contribution is 6.30. The zero-order valence-electron chi connectivity index (χ0n) is 22.3. The zero-order valence-corrected chi connectivity index (χ0v) is 23.1. The summed E-state index contributed by atoms with van der Waals surface area (Å²) in [7, 11) is 0. The fourth-order valence-corrected chi connectivity index (χ4v) is 5.23. The molecule has 3 aromatic rings. The molecule has 1 saturated carbocycles. The van der Waals surface area contributed by atoms with Crippen molar-refractivity contribution < 1.29 is 22.7 Å². The molecule has 1 aromatic heterocycles. The summed E-state index contributed by atoms with van der Waals surface area (Å²) in [5.74, 6) is -0.244. The summed E-state index contributed by atoms with van der Waals surface area (Å²) in [6.07, 6.45) is 0.651. The van der Waals surface area contributed by atoms with Crippen LogP contribution in [0.2, 0.25) is 5.02 Å². The van der Waals surface area contributed by atoms with E-state index in [-0.39, 0.29) is 24.2 Å². The molecule has 212 valence electrons. The van der Waals surface area contributed by atoms with E-state index in [2.05, 4.69) is 16.9 Å². The van der Waals surface area contributed by atoms with Crippen LogP contribution in [0.3, 0.4) is 0 Å². The summed E-state index contributed by atoms with van der Waals surface area (Å²) in [4.78, 5) is 20.4. The molecule has 0 spiro atoms. The number of urea groups is 1. The van der Waals surface area contributed by atoms with Crippen LogP contribution >= 0.6 is 11.6 Å². The Bertz CT molecular complexity index is 1280. The molecular formula is C31H33ClF3N3O2. The standard InChI is InChI=1S/C31H33ClF3N3O2/c1-3-18-38(26-13-7-8-14-26)29(39)37-30(20-23-10-5-4-6-11-23,28-17-16-25(32)21-36-28)24-12-9-15-27(19-24)40-31(34,35)22(2)33/h3-6,9-12,15-17,19,21-22,26H,1,7-8,13-14,18,20H2,2H3,(H,37,39)/t22?,30-/m1/s1. The number of carbonyl (C=O) groups is 1. The number of nitrogens with zero attached hydrogens (tertiary/aromatic N) is 2. The van der Waals surface area contributed by atoms with Crippen molar-refractivity contribution in [3.8, 4) is 5.75 Å². The number of ether oxygens (including phenoxy) is 1. The molecule has 1 N–H and O–H groups in total. The molecule has 2 aromatic carbocycles. The normalized spacial score (nSPS) is 16.1. The maximum Gasteiger partial charge on any atom is 0.429 e. The van der Waals surface area contributed by atoms with Gasteiger partial charge in [-0.15, -0.1) is 6.58 Å². The van der Waals surface area contributed by atoms with Gasteiger partial charge >= 0.3 is 12.1 Å². The Morgan fingerprint density at radius 2 is 1.90 bits per heavy atom. The number of carbonyl (C=O) groups excluding carboxylic acids is 1. The van der Waals surface area contributed by atoms with Gasteiger partial charge in [-0.25, -0.2) is 9.18 Å². The first-order valence-electron chi connectivity index (χ1n) is 13.3. The van der Waals surface area contributed by atoms with Crippen molar-refractivity contribution in [3.63, 3.8) is 0 Å². The van der Waals surface area contributed by atoms with Crippen LogP contribution in [-0.2, 0) is 12.0 Å². The predicted molar refractivity (Wildman–Crippen MR) is 150 cm³/mol. The van der Waals surface area contributed by atoms with Gasteiger partial charge in [-0.3, -0.25) is 4.98 Å². The maximum absolute atomic E-state index is 14.2. The van der Waals surface area contributed by atoms with E-state index < -0.39 is 17.8 Å². The largest absolute Gasteiger partial charge is 0.430 e. The van der Waals surface area contributed by atoms with E-state index in [0.29, 0.717) is 22.8 Å². The van der Waals surface area contributed by atoms with Crippen LogP contribution in [0.4, 0.5) is 18.0 Å². The predicted octanol–water partition coefficient (Wildman–Crippen LogP) is 7.69. The third-order valence-electron chi connectivity index (χ3n) is 7.19. The quantitative estimate of drug-likeness (QED) is 0.240. The number of hydrogen-bond donors (Lipinski definition) is 1. The van der Waals surface area contributed by atoms with Gasteiger partial charge < -0.3 is 15.0 Å². The number of hydrogen-bond acceptors (Lipinski definition) is 3. The van der Waals surface area contributed by atoms with Crippen LogP contribution in [0.15, 0.2) is 85.6 Å². The number of alkyl halides is 3. The molecule has 0 saturated heterocycles. The molecule has 0 radical (unpaired) electrons. The Balaban J connectivity index is 1.87. The van der Waals surface area contributed by atoms with Gasteiger partial charge in [-0.05, 0) is 55.2 Å². The van der Waals surface area contributed by atoms with E-state index in [4.69, 9.17) is 16.3 Å². The summed E-state index contributed by atoms with van der Waals surface area (Å²) < 4.78 is 46.9. The van der Waals surface area contributed by atoms with E-state index in [1.165, 1.54) is 24.4 Å². The summed E-state index contributed by atoms with van der Waals surface area (Å²) in [6.45, 7) is 4.92. The number of halogens is 4. The second kappa shape index (κ2) is 12.8. The Kier molecular flexibility index (Phi) is 9.40. The van der Waals surface area contributed by atoms with Gasteiger partial charge in [0.15, 0.2) is 0 Å². The smallest absolute Gasteiger partial charge is 0.429 e. The molecule has 1 fully saturated rings. The van der Waals surface area contributed by atoms with Crippen molar-refractivity contribution >= 4 is 17.6 Å². The monoisotopic (exact) mass is 571 g/mol. The fourth-order valence-electron chi connectivity index (χ4n) is 5.12. The Morgan fingerprint density at radius 3 is 2.52 bits per heavy atom. The average Bonchev–Trinajstić information content (AvgIpc) is 3.47. The van der Waals surface area contributed by atoms with Crippen molar-refractivity contribution in [2.24, 2.45) is 0 Å². The molecule has 9 heteroatoms. The Morgan fingerprint density at radius 1 is 1.18 bits per heavy atom. The molecule has 4 rings (SSSR count). The summed E-state index contributed by atoms with van der Waals surface area (Å²) in [5, 5.41) is 3.62. The minimum Gasteiger partial charge on any atom is -0.430 e. The van der Waals surface area contributed by atoms with Crippen LogP contribution < -0.4 is 10.1 Å². The first-order chi connectivity index (χ1) is 19.1. The van der Waals surface area contributed by atoms with Crippen LogP contribution in [-0.4, -0.2) is 40.8 Å². The molecule has 0 bridgehead atoms. The zero-order chi connectivity index (χ0) is 28.8. The number of aromatic nitrogens is 1. The van der Waals surface area contributed by atoms with Gasteiger partial charge in [0.1, 0.15) is 11.3 Å². The molecule has 2 atom stereocenters. The second-order valence-corrected chi connectivity index (χ2v) is 10.5. The van der Waals surface area contributed by atoms with Crippen molar-refractivity contribution in [1.29, 1.82) is 0 Å². The summed E-state index contributed by atoms with van der Waals surface area (Å²) >= 11 is 6.17. The number of pyridine rings is 1. The third-order valence-corrected chi connectivity index (χ3v) is 7.42. The molecule has 1 aliphatic rings. The van der Waals surface area contributed by atoms with Crippen molar-refractivity contribution in [3.05, 3.63) is 107 Å². The molecule has 40 heavy (non-hydrogen) atoms. The van der Waals surface area contributed by atoms with Crippen LogP contribution in [0.1, 0.15) is 49.4 Å². The highest BCUT2D eigenvalue weighted by Gasteiger charge is 2.42. The lowest BCUT2D eigenvalue weighted by Gasteiger charge is -2.39. The minimum atomic E-state index is -4.04. The Hall–Kier alpha value is -3.52. The topological polar surface area (TPSA) is 54.5 Å². The molecule has 1 unspecified atom stereocenters. The highest BCUT2D eigenvalue weighted by atomic mass is 35.5. The summed E-state index contributed by atoms with van der Waals surface area (Å²) in [6, 6.07) is 18.5. The van der Waals surface area contributed by atoms with Crippen LogP contribution in [0.5, 0.6) is 5.75 Å². The van der Waals surface area contributed by atoms with Crippen molar-refractivity contribution in [1.82, 2.24) is 15.2 Å². The lowest BCUT2D eigenvalue weighted by atomic mass is 9.80. The fraction of sp³-hybridized carbons (Fsp3) is 0.355. The number of amides is 2. The van der Waals surface area contributed by atoms with E-state index in [1.807, 2.05) is 30.3 Å². The maximum atomic E-state index is 14.2. The lowest BCUT2D eigenvalue weighted by Crippen LogP contribution is -2.55. The van der Waals surface area contributed by atoms with Crippen LogP contribution in [0.25, 0.3) is 0 Å². The highest BCUT2D eigenvalue weighted by Crippen LogP contribution is 2.37. The third kappa shape index (κ3) is 6.78.